The number of aromatic nitrogens is 1. The summed E-state index contributed by atoms with van der Waals surface area (Å²) in [5, 5.41) is 8.20. The number of rotatable bonds is 9. The monoisotopic (exact) mass is 420 g/mol. The number of benzene rings is 1. The molecule has 29 heavy (non-hydrogen) atoms. The van der Waals surface area contributed by atoms with Gasteiger partial charge in [0.05, 0.1) is 40.8 Å². The van der Waals surface area contributed by atoms with Crippen LogP contribution in [-0.2, 0) is 6.54 Å². The molecular weight excluding hydrogens is 390 g/mol. The highest BCUT2D eigenvalue weighted by atomic mass is 32.1. The zero-order chi connectivity index (χ0) is 21.4. The Balaban J connectivity index is 1.98. The lowest BCUT2D eigenvalue weighted by Gasteiger charge is -2.26. The highest BCUT2D eigenvalue weighted by Crippen LogP contribution is 2.18. The molecule has 0 bridgehead atoms. The number of nitrogens with zero attached hydrogens (tertiary/aromatic N) is 2. The predicted octanol–water partition coefficient (Wildman–Crippen LogP) is 1.47. The number of carbonyl (C=O) groups excluding carboxylic acids is 2. The van der Waals surface area contributed by atoms with E-state index >= 15 is 0 Å². The second-order valence-electron chi connectivity index (χ2n) is 7.22. The number of carbonyl (C=O) groups is 2. The Kier molecular flexibility index (Phi) is 8.41. The maximum absolute atomic E-state index is 12.7. The smallest absolute Gasteiger partial charge is 0.322 e. The lowest BCUT2D eigenvalue weighted by molar-refractivity contribution is -0.856. The van der Waals surface area contributed by atoms with Crippen molar-refractivity contribution in [3.63, 3.8) is 0 Å². The summed E-state index contributed by atoms with van der Waals surface area (Å²) in [4.78, 5) is 32.3. The van der Waals surface area contributed by atoms with E-state index < -0.39 is 0 Å². The lowest BCUT2D eigenvalue weighted by atomic mass is 10.3. The topological polar surface area (TPSA) is 88.0 Å². The molecule has 0 aliphatic rings. The summed E-state index contributed by atoms with van der Waals surface area (Å²) in [6.07, 6.45) is 0. The number of quaternary nitrogens is 1. The van der Waals surface area contributed by atoms with Crippen molar-refractivity contribution in [2.45, 2.75) is 26.4 Å². The van der Waals surface area contributed by atoms with Crippen LogP contribution >= 0.6 is 11.3 Å². The molecule has 0 saturated heterocycles. The number of thiazole rings is 1. The quantitative estimate of drug-likeness (QED) is 0.573. The molecule has 0 saturated carbocycles. The van der Waals surface area contributed by atoms with Gasteiger partial charge in [0.2, 0.25) is 0 Å². The Hall–Kier alpha value is -2.65. The molecule has 3 N–H and O–H groups in total. The minimum atomic E-state index is -0.222. The van der Waals surface area contributed by atoms with Crippen LogP contribution in [0.3, 0.4) is 0 Å². The van der Waals surface area contributed by atoms with Crippen molar-refractivity contribution < 1.29 is 19.2 Å². The van der Waals surface area contributed by atoms with Crippen molar-refractivity contribution in [1.82, 2.24) is 15.2 Å². The van der Waals surface area contributed by atoms with Gasteiger partial charge in [-0.15, -0.1) is 11.3 Å². The van der Waals surface area contributed by atoms with Crippen molar-refractivity contribution in [2.24, 2.45) is 0 Å². The average Bonchev–Trinajstić information content (AvgIpc) is 3.15. The molecule has 2 aromatic rings. The molecule has 0 spiro atoms. The molecule has 8 nitrogen and oxygen atoms in total. The number of likely N-dealkylation sites (N-methyl/N-ethyl adjacent to an activating group) is 1. The van der Waals surface area contributed by atoms with E-state index in [1.165, 1.54) is 16.2 Å². The highest BCUT2D eigenvalue weighted by molar-refractivity contribution is 7.09. The van der Waals surface area contributed by atoms with Crippen molar-refractivity contribution in [1.29, 1.82) is 0 Å². The molecule has 1 heterocycles. The number of hydrogen-bond acceptors (Lipinski definition) is 5. The van der Waals surface area contributed by atoms with Crippen LogP contribution in [0.5, 0.6) is 5.75 Å². The predicted molar refractivity (Wildman–Crippen MR) is 115 cm³/mol. The number of amides is 3. The van der Waals surface area contributed by atoms with E-state index in [4.69, 9.17) is 4.74 Å². The molecule has 158 valence electrons. The molecule has 1 aromatic carbocycles. The molecular formula is C20H30N5O3S+. The Bertz CT molecular complexity index is 805. The Morgan fingerprint density at radius 2 is 1.93 bits per heavy atom. The van der Waals surface area contributed by atoms with Gasteiger partial charge in [-0.3, -0.25) is 4.79 Å². The third kappa shape index (κ3) is 7.03. The van der Waals surface area contributed by atoms with Crippen molar-refractivity contribution in [3.8, 4) is 5.75 Å². The molecule has 1 aromatic heterocycles. The van der Waals surface area contributed by atoms with Crippen LogP contribution in [0.1, 0.15) is 29.3 Å². The van der Waals surface area contributed by atoms with Crippen molar-refractivity contribution in [3.05, 3.63) is 40.3 Å². The zero-order valence-electron chi connectivity index (χ0n) is 17.6. The van der Waals surface area contributed by atoms with E-state index in [-0.39, 0.29) is 18.0 Å². The lowest BCUT2D eigenvalue weighted by Crippen LogP contribution is -3.06. The van der Waals surface area contributed by atoms with E-state index in [2.05, 4.69) is 15.6 Å². The van der Waals surface area contributed by atoms with Crippen LogP contribution in [-0.4, -0.2) is 62.2 Å². The fourth-order valence-corrected chi connectivity index (χ4v) is 3.28. The van der Waals surface area contributed by atoms with Crippen LogP contribution in [0, 0.1) is 0 Å². The fourth-order valence-electron chi connectivity index (χ4n) is 2.51. The number of anilines is 1. The Morgan fingerprint density at radius 3 is 2.52 bits per heavy atom. The summed E-state index contributed by atoms with van der Waals surface area (Å²) in [5.74, 6) is 0.539. The first-order valence-electron chi connectivity index (χ1n) is 9.53. The van der Waals surface area contributed by atoms with Crippen LogP contribution in [0.2, 0.25) is 0 Å². The normalized spacial score (nSPS) is 10.9. The third-order valence-corrected chi connectivity index (χ3v) is 5.06. The van der Waals surface area contributed by atoms with Crippen LogP contribution < -0.4 is 20.3 Å². The molecule has 0 atom stereocenters. The molecule has 9 heteroatoms. The van der Waals surface area contributed by atoms with Crippen molar-refractivity contribution in [2.75, 3.05) is 39.6 Å². The first kappa shape index (κ1) is 22.6. The van der Waals surface area contributed by atoms with Gasteiger partial charge in [-0.2, -0.15) is 0 Å². The third-order valence-electron chi connectivity index (χ3n) is 4.23. The van der Waals surface area contributed by atoms with Gasteiger partial charge in [0.1, 0.15) is 16.5 Å². The average molecular weight is 421 g/mol. The zero-order valence-corrected chi connectivity index (χ0v) is 18.4. The Labute approximate surface area is 175 Å². The van der Waals surface area contributed by atoms with Gasteiger partial charge in [0.25, 0.3) is 5.91 Å². The second-order valence-corrected chi connectivity index (χ2v) is 8.16. The minimum absolute atomic E-state index is 0.0301. The van der Waals surface area contributed by atoms with E-state index in [1.54, 1.807) is 41.7 Å². The molecule has 0 unspecified atom stereocenters. The molecule has 3 amide bonds. The summed E-state index contributed by atoms with van der Waals surface area (Å²) < 4.78 is 5.13. The van der Waals surface area contributed by atoms with E-state index in [0.717, 1.165) is 12.3 Å². The maximum atomic E-state index is 12.7. The minimum Gasteiger partial charge on any atom is -0.497 e. The molecule has 0 fully saturated rings. The van der Waals surface area contributed by atoms with Crippen LogP contribution in [0.25, 0.3) is 0 Å². The number of ether oxygens (including phenoxy) is 1. The first-order valence-corrected chi connectivity index (χ1v) is 10.4. The largest absolute Gasteiger partial charge is 0.497 e. The van der Waals surface area contributed by atoms with Crippen LogP contribution in [0.4, 0.5) is 10.5 Å². The van der Waals surface area contributed by atoms with E-state index in [1.807, 2.05) is 27.9 Å². The highest BCUT2D eigenvalue weighted by Gasteiger charge is 2.20. The van der Waals surface area contributed by atoms with Crippen molar-refractivity contribution >= 4 is 29.0 Å². The van der Waals surface area contributed by atoms with Gasteiger partial charge >= 0.3 is 6.03 Å². The molecule has 0 aliphatic heterocycles. The molecule has 0 aliphatic carbocycles. The Morgan fingerprint density at radius 1 is 1.24 bits per heavy atom. The molecule has 2 rings (SSSR count). The summed E-state index contributed by atoms with van der Waals surface area (Å²) >= 11 is 1.38. The summed E-state index contributed by atoms with van der Waals surface area (Å²) in [6, 6.07) is 6.91. The van der Waals surface area contributed by atoms with Gasteiger partial charge in [0, 0.05) is 17.1 Å². The van der Waals surface area contributed by atoms with Gasteiger partial charge in [-0.05, 0) is 38.1 Å². The van der Waals surface area contributed by atoms with E-state index in [9.17, 15) is 9.59 Å². The summed E-state index contributed by atoms with van der Waals surface area (Å²) in [7, 11) is 5.66. The fraction of sp³-hybridized carbons (Fsp3) is 0.450. The van der Waals surface area contributed by atoms with Gasteiger partial charge in [-0.25, -0.2) is 9.78 Å². The van der Waals surface area contributed by atoms with E-state index in [0.29, 0.717) is 29.5 Å². The standard InChI is InChI=1S/C20H29N5O3S/c1-14(2)25(20(27)22-15-6-8-16(28-5)9-7-15)12-18-23-17(13-29-18)19(26)21-10-11-24(3)4/h6-9,13-14H,10-12H2,1-5H3,(H,21,26)(H,22,27)/p+1. The summed E-state index contributed by atoms with van der Waals surface area (Å²) in [5.41, 5.74) is 1.07. The maximum Gasteiger partial charge on any atom is 0.322 e. The number of nitrogens with one attached hydrogen (secondary N) is 3. The molecule has 0 radical (unpaired) electrons. The van der Waals surface area contributed by atoms with Gasteiger partial charge < -0.3 is 25.2 Å². The first-order chi connectivity index (χ1) is 13.8. The summed E-state index contributed by atoms with van der Waals surface area (Å²) in [6.45, 7) is 5.65. The number of urea groups is 1. The number of methoxy groups -OCH3 is 1. The van der Waals surface area contributed by atoms with Crippen LogP contribution in [0.15, 0.2) is 29.6 Å². The number of hydrogen-bond donors (Lipinski definition) is 3. The van der Waals surface area contributed by atoms with Gasteiger partial charge in [0.15, 0.2) is 0 Å². The second kappa shape index (κ2) is 10.8. The SMILES string of the molecule is COc1ccc(NC(=O)N(Cc2nc(C(=O)NCC[NH+](C)C)cs2)C(C)C)cc1. The van der Waals surface area contributed by atoms with Gasteiger partial charge in [-0.1, -0.05) is 0 Å².